The summed E-state index contributed by atoms with van der Waals surface area (Å²) in [5.41, 5.74) is 0.882. The van der Waals surface area contributed by atoms with Crippen LogP contribution >= 0.6 is 0 Å². The van der Waals surface area contributed by atoms with Crippen molar-refractivity contribution in [3.63, 3.8) is 0 Å². The quantitative estimate of drug-likeness (QED) is 0.0968. The van der Waals surface area contributed by atoms with E-state index in [2.05, 4.69) is 13.5 Å². The molecule has 0 atom stereocenters. The zero-order valence-corrected chi connectivity index (χ0v) is 21.3. The van der Waals surface area contributed by atoms with Gasteiger partial charge in [0.1, 0.15) is 17.2 Å². The molecule has 0 saturated heterocycles. The van der Waals surface area contributed by atoms with E-state index in [-0.39, 0.29) is 5.97 Å². The fraction of sp³-hybridized carbons (Fsp3) is 0.400. The molecule has 194 valence electrons. The van der Waals surface area contributed by atoms with Crippen LogP contribution in [0.15, 0.2) is 67.3 Å². The molecular weight excluding hydrogens is 456 g/mol. The Bertz CT molecular complexity index is 931. The maximum Gasteiger partial charge on any atom is 0.336 e. The molecule has 0 spiro atoms. The standard InChI is InChI=1S/C30H38O6/c1-3-5-9-22-33-27-17-19-28(20-18-27)36-30(32)21-14-25-12-15-26(16-13-25)34-23-10-7-6-8-11-24-35-29(31)4-2/h4,12-21H,2-3,5-11,22-24H2,1H3. The molecule has 0 aliphatic rings. The summed E-state index contributed by atoms with van der Waals surface area (Å²) >= 11 is 0. The van der Waals surface area contributed by atoms with E-state index >= 15 is 0 Å². The van der Waals surface area contributed by atoms with Crippen LogP contribution in [0.5, 0.6) is 17.2 Å². The second kappa shape index (κ2) is 17.8. The molecular formula is C30H38O6. The first-order valence-electron chi connectivity index (χ1n) is 12.8. The molecule has 0 radical (unpaired) electrons. The van der Waals surface area contributed by atoms with Crippen LogP contribution in [0.3, 0.4) is 0 Å². The molecule has 0 bridgehead atoms. The zero-order valence-electron chi connectivity index (χ0n) is 21.3. The molecule has 0 aromatic heterocycles. The topological polar surface area (TPSA) is 71.1 Å². The predicted octanol–water partition coefficient (Wildman–Crippen LogP) is 6.93. The Hall–Kier alpha value is -3.54. The van der Waals surface area contributed by atoms with Crippen molar-refractivity contribution in [2.45, 2.75) is 58.3 Å². The number of unbranched alkanes of at least 4 members (excludes halogenated alkanes) is 6. The molecule has 0 saturated carbocycles. The summed E-state index contributed by atoms with van der Waals surface area (Å²) in [6, 6.07) is 14.6. The molecule has 2 rings (SSSR count). The lowest BCUT2D eigenvalue weighted by Gasteiger charge is -2.07. The summed E-state index contributed by atoms with van der Waals surface area (Å²) in [6.07, 6.45) is 12.6. The van der Waals surface area contributed by atoms with E-state index in [0.29, 0.717) is 25.6 Å². The van der Waals surface area contributed by atoms with Crippen LogP contribution in [0.25, 0.3) is 6.08 Å². The molecule has 0 fully saturated rings. The van der Waals surface area contributed by atoms with Gasteiger partial charge >= 0.3 is 11.9 Å². The van der Waals surface area contributed by atoms with Crippen LogP contribution in [0.1, 0.15) is 63.9 Å². The predicted molar refractivity (Wildman–Crippen MR) is 142 cm³/mol. The van der Waals surface area contributed by atoms with Gasteiger partial charge in [0, 0.05) is 12.2 Å². The number of rotatable bonds is 18. The van der Waals surface area contributed by atoms with Gasteiger partial charge in [-0.15, -0.1) is 0 Å². The monoisotopic (exact) mass is 494 g/mol. The Balaban J connectivity index is 1.60. The van der Waals surface area contributed by atoms with E-state index in [1.165, 1.54) is 12.2 Å². The van der Waals surface area contributed by atoms with E-state index in [9.17, 15) is 9.59 Å². The molecule has 0 N–H and O–H groups in total. The highest BCUT2D eigenvalue weighted by Gasteiger charge is 2.02. The average Bonchev–Trinajstić information content (AvgIpc) is 2.90. The van der Waals surface area contributed by atoms with Gasteiger partial charge in [0.2, 0.25) is 0 Å². The van der Waals surface area contributed by atoms with Crippen LogP contribution in [0, 0.1) is 0 Å². The van der Waals surface area contributed by atoms with Gasteiger partial charge in [-0.2, -0.15) is 0 Å². The SMILES string of the molecule is C=CC(=O)OCCCCCCCOc1ccc(C=CC(=O)Oc2ccc(OCCCCC)cc2)cc1. The Morgan fingerprint density at radius 1 is 0.694 bits per heavy atom. The fourth-order valence-corrected chi connectivity index (χ4v) is 3.29. The number of carbonyl (C=O) groups excluding carboxylic acids is 2. The van der Waals surface area contributed by atoms with Crippen molar-refractivity contribution < 1.29 is 28.5 Å². The van der Waals surface area contributed by atoms with Crippen LogP contribution < -0.4 is 14.2 Å². The van der Waals surface area contributed by atoms with Crippen molar-refractivity contribution >= 4 is 18.0 Å². The number of hydrogen-bond acceptors (Lipinski definition) is 6. The fourth-order valence-electron chi connectivity index (χ4n) is 3.29. The number of benzene rings is 2. The molecule has 6 nitrogen and oxygen atoms in total. The van der Waals surface area contributed by atoms with E-state index < -0.39 is 5.97 Å². The molecule has 2 aromatic rings. The highest BCUT2D eigenvalue weighted by molar-refractivity contribution is 5.88. The maximum absolute atomic E-state index is 12.1. The minimum Gasteiger partial charge on any atom is -0.494 e. The smallest absolute Gasteiger partial charge is 0.336 e. The van der Waals surface area contributed by atoms with Gasteiger partial charge in [0.25, 0.3) is 0 Å². The number of carbonyl (C=O) groups is 2. The van der Waals surface area contributed by atoms with E-state index in [1.807, 2.05) is 24.3 Å². The minimum atomic E-state index is -0.439. The molecule has 0 aliphatic carbocycles. The molecule has 0 unspecified atom stereocenters. The third-order valence-electron chi connectivity index (χ3n) is 5.32. The van der Waals surface area contributed by atoms with Crippen molar-refractivity contribution in [2.24, 2.45) is 0 Å². The summed E-state index contributed by atoms with van der Waals surface area (Å²) in [5.74, 6) is 1.24. The summed E-state index contributed by atoms with van der Waals surface area (Å²) < 4.78 is 21.7. The van der Waals surface area contributed by atoms with Crippen LogP contribution in [0.4, 0.5) is 0 Å². The summed E-state index contributed by atoms with van der Waals surface area (Å²) in [4.78, 5) is 23.1. The van der Waals surface area contributed by atoms with Gasteiger partial charge in [0.05, 0.1) is 19.8 Å². The first-order valence-corrected chi connectivity index (χ1v) is 12.8. The summed E-state index contributed by atoms with van der Waals surface area (Å²) in [6.45, 7) is 7.31. The zero-order chi connectivity index (χ0) is 25.8. The lowest BCUT2D eigenvalue weighted by Crippen LogP contribution is -2.03. The van der Waals surface area contributed by atoms with Gasteiger partial charge in [-0.25, -0.2) is 9.59 Å². The molecule has 6 heteroatoms. The van der Waals surface area contributed by atoms with Crippen molar-refractivity contribution in [1.29, 1.82) is 0 Å². The Kier molecular flexibility index (Phi) is 14.2. The number of esters is 2. The van der Waals surface area contributed by atoms with Crippen LogP contribution in [-0.4, -0.2) is 31.8 Å². The molecule has 36 heavy (non-hydrogen) atoms. The first kappa shape index (κ1) is 28.7. The Morgan fingerprint density at radius 3 is 1.83 bits per heavy atom. The molecule has 2 aromatic carbocycles. The number of ether oxygens (including phenoxy) is 4. The van der Waals surface area contributed by atoms with Crippen molar-refractivity contribution in [2.75, 3.05) is 19.8 Å². The van der Waals surface area contributed by atoms with Crippen molar-refractivity contribution in [3.8, 4) is 17.2 Å². The molecule has 0 amide bonds. The lowest BCUT2D eigenvalue weighted by molar-refractivity contribution is -0.137. The summed E-state index contributed by atoms with van der Waals surface area (Å²) in [7, 11) is 0. The summed E-state index contributed by atoms with van der Waals surface area (Å²) in [5, 5.41) is 0. The minimum absolute atomic E-state index is 0.366. The number of hydrogen-bond donors (Lipinski definition) is 0. The van der Waals surface area contributed by atoms with E-state index in [0.717, 1.165) is 68.4 Å². The van der Waals surface area contributed by atoms with Gasteiger partial charge in [-0.05, 0) is 67.3 Å². The van der Waals surface area contributed by atoms with Crippen LogP contribution in [-0.2, 0) is 14.3 Å². The average molecular weight is 495 g/mol. The van der Waals surface area contributed by atoms with Gasteiger partial charge in [-0.1, -0.05) is 57.7 Å². The molecule has 0 heterocycles. The van der Waals surface area contributed by atoms with Gasteiger partial charge in [0.15, 0.2) is 0 Å². The Labute approximate surface area is 214 Å². The third kappa shape index (κ3) is 12.8. The maximum atomic E-state index is 12.1. The van der Waals surface area contributed by atoms with Crippen LogP contribution in [0.2, 0.25) is 0 Å². The second-order valence-corrected chi connectivity index (χ2v) is 8.34. The first-order chi connectivity index (χ1) is 17.6. The Morgan fingerprint density at radius 2 is 1.22 bits per heavy atom. The second-order valence-electron chi connectivity index (χ2n) is 8.34. The van der Waals surface area contributed by atoms with Gasteiger partial charge < -0.3 is 18.9 Å². The third-order valence-corrected chi connectivity index (χ3v) is 5.32. The highest BCUT2D eigenvalue weighted by Crippen LogP contribution is 2.19. The van der Waals surface area contributed by atoms with Crippen molar-refractivity contribution in [3.05, 3.63) is 72.8 Å². The van der Waals surface area contributed by atoms with Crippen molar-refractivity contribution in [1.82, 2.24) is 0 Å². The lowest BCUT2D eigenvalue weighted by atomic mass is 10.1. The largest absolute Gasteiger partial charge is 0.494 e. The van der Waals surface area contributed by atoms with Gasteiger partial charge in [-0.3, -0.25) is 0 Å². The van der Waals surface area contributed by atoms with E-state index in [4.69, 9.17) is 18.9 Å². The van der Waals surface area contributed by atoms with E-state index in [1.54, 1.807) is 30.3 Å². The molecule has 0 aliphatic heterocycles. The normalized spacial score (nSPS) is 10.7. The highest BCUT2D eigenvalue weighted by atomic mass is 16.5.